The predicted octanol–water partition coefficient (Wildman–Crippen LogP) is 5.39. The molecule has 1 N–H and O–H groups in total. The fraction of sp³-hybridized carbons (Fsp3) is 0.0833. The van der Waals surface area contributed by atoms with Crippen LogP contribution in [0.25, 0.3) is 11.3 Å². The third-order valence-electron chi connectivity index (χ3n) is 4.65. The van der Waals surface area contributed by atoms with Crippen LogP contribution in [0.3, 0.4) is 0 Å². The second-order valence-corrected chi connectivity index (χ2v) is 6.52. The molecule has 0 saturated carbocycles. The van der Waals surface area contributed by atoms with Crippen molar-refractivity contribution in [2.45, 2.75) is 6.04 Å². The second-order valence-electron chi connectivity index (χ2n) is 6.52. The molecule has 1 atom stereocenters. The van der Waals surface area contributed by atoms with E-state index in [0.717, 1.165) is 16.8 Å². The van der Waals surface area contributed by atoms with Gasteiger partial charge in [-0.2, -0.15) is 0 Å². The van der Waals surface area contributed by atoms with Crippen molar-refractivity contribution in [3.8, 4) is 17.1 Å². The van der Waals surface area contributed by atoms with E-state index in [-0.39, 0.29) is 5.78 Å². The Kier molecular flexibility index (Phi) is 5.38. The van der Waals surface area contributed by atoms with Gasteiger partial charge in [0.05, 0.1) is 18.9 Å². The van der Waals surface area contributed by atoms with E-state index in [1.165, 1.54) is 6.20 Å². The van der Waals surface area contributed by atoms with Crippen LogP contribution in [0.2, 0.25) is 0 Å². The lowest BCUT2D eigenvalue weighted by atomic mass is 9.96. The molecule has 4 aromatic rings. The number of nitrogens with one attached hydrogen (secondary N) is 1. The minimum atomic E-state index is -0.606. The molecule has 4 rings (SSSR count). The molecule has 3 aromatic carbocycles. The van der Waals surface area contributed by atoms with E-state index in [9.17, 15) is 4.79 Å². The van der Waals surface area contributed by atoms with Crippen molar-refractivity contribution in [2.75, 3.05) is 12.4 Å². The topological polar surface area (TPSA) is 64.4 Å². The van der Waals surface area contributed by atoms with E-state index in [4.69, 9.17) is 9.26 Å². The average molecular weight is 384 g/mol. The third-order valence-corrected chi connectivity index (χ3v) is 4.65. The summed E-state index contributed by atoms with van der Waals surface area (Å²) in [7, 11) is 1.61. The van der Waals surface area contributed by atoms with Gasteiger partial charge in [0, 0.05) is 17.3 Å². The van der Waals surface area contributed by atoms with Gasteiger partial charge in [-0.1, -0.05) is 71.9 Å². The number of hydrogen-bond acceptors (Lipinski definition) is 5. The Labute approximate surface area is 168 Å². The summed E-state index contributed by atoms with van der Waals surface area (Å²) in [4.78, 5) is 13.6. The fourth-order valence-corrected chi connectivity index (χ4v) is 3.19. The molecule has 5 heteroatoms. The lowest BCUT2D eigenvalue weighted by Crippen LogP contribution is -2.21. The maximum atomic E-state index is 13.6. The number of carbonyl (C=O) groups excluding carboxylic acids is 1. The zero-order chi connectivity index (χ0) is 20.1. The molecule has 0 aliphatic heterocycles. The Morgan fingerprint density at radius 2 is 1.69 bits per heavy atom. The highest BCUT2D eigenvalue weighted by Crippen LogP contribution is 2.30. The van der Waals surface area contributed by atoms with Crippen LogP contribution < -0.4 is 10.1 Å². The molecule has 0 spiro atoms. The van der Waals surface area contributed by atoms with Crippen LogP contribution in [0.1, 0.15) is 22.0 Å². The largest absolute Gasteiger partial charge is 0.497 e. The van der Waals surface area contributed by atoms with Crippen LogP contribution in [0.5, 0.6) is 5.75 Å². The molecule has 1 aromatic heterocycles. The Morgan fingerprint density at radius 1 is 0.966 bits per heavy atom. The summed E-state index contributed by atoms with van der Waals surface area (Å²) < 4.78 is 10.7. The molecule has 1 unspecified atom stereocenters. The van der Waals surface area contributed by atoms with Gasteiger partial charge in [0.15, 0.2) is 11.5 Å². The van der Waals surface area contributed by atoms with Crippen LogP contribution in [-0.2, 0) is 0 Å². The lowest BCUT2D eigenvalue weighted by Gasteiger charge is -2.19. The number of anilines is 1. The maximum absolute atomic E-state index is 13.6. The first kappa shape index (κ1) is 18.5. The van der Waals surface area contributed by atoms with Gasteiger partial charge in [-0.25, -0.2) is 0 Å². The molecule has 144 valence electrons. The first-order chi connectivity index (χ1) is 14.3. The molecule has 0 bridgehead atoms. The van der Waals surface area contributed by atoms with Crippen molar-refractivity contribution in [1.29, 1.82) is 0 Å². The van der Waals surface area contributed by atoms with E-state index in [1.807, 2.05) is 84.9 Å². The van der Waals surface area contributed by atoms with Gasteiger partial charge in [-0.05, 0) is 17.7 Å². The van der Waals surface area contributed by atoms with Gasteiger partial charge in [0.1, 0.15) is 11.8 Å². The number of rotatable bonds is 7. The predicted molar refractivity (Wildman–Crippen MR) is 112 cm³/mol. The van der Waals surface area contributed by atoms with Crippen LogP contribution in [-0.4, -0.2) is 18.0 Å². The average Bonchev–Trinajstić information content (AvgIpc) is 3.28. The number of carbonyl (C=O) groups is 1. The van der Waals surface area contributed by atoms with Crippen LogP contribution in [0.4, 0.5) is 5.69 Å². The number of ether oxygens (including phenoxy) is 1. The number of nitrogens with zero attached hydrogens (tertiary/aromatic N) is 1. The molecule has 0 saturated heterocycles. The Bertz CT molecular complexity index is 1090. The summed E-state index contributed by atoms with van der Waals surface area (Å²) in [6.45, 7) is 0. The molecule has 0 fully saturated rings. The number of hydrogen-bond donors (Lipinski definition) is 1. The maximum Gasteiger partial charge on any atom is 0.195 e. The Hall–Kier alpha value is -3.86. The lowest BCUT2D eigenvalue weighted by molar-refractivity contribution is 0.0969. The van der Waals surface area contributed by atoms with E-state index in [0.29, 0.717) is 17.1 Å². The van der Waals surface area contributed by atoms with Crippen molar-refractivity contribution in [2.24, 2.45) is 0 Å². The summed E-state index contributed by atoms with van der Waals surface area (Å²) >= 11 is 0. The number of benzene rings is 3. The van der Waals surface area contributed by atoms with Gasteiger partial charge in [-0.3, -0.25) is 4.79 Å². The Balaban J connectivity index is 1.72. The highest BCUT2D eigenvalue weighted by atomic mass is 16.5. The molecule has 0 amide bonds. The SMILES string of the molecule is COc1cccc(NC(C(=O)c2cnoc2-c2ccccc2)c2ccccc2)c1. The zero-order valence-electron chi connectivity index (χ0n) is 15.9. The third kappa shape index (κ3) is 4.04. The first-order valence-electron chi connectivity index (χ1n) is 9.26. The molecular weight excluding hydrogens is 364 g/mol. The van der Waals surface area contributed by atoms with Crippen molar-refractivity contribution >= 4 is 11.5 Å². The van der Waals surface area contributed by atoms with E-state index < -0.39 is 6.04 Å². The Morgan fingerprint density at radius 3 is 2.41 bits per heavy atom. The van der Waals surface area contributed by atoms with Gasteiger partial charge in [0.2, 0.25) is 0 Å². The van der Waals surface area contributed by atoms with Crippen molar-refractivity contribution < 1.29 is 14.1 Å². The molecule has 0 radical (unpaired) electrons. The minimum absolute atomic E-state index is 0.126. The number of ketones is 1. The molecule has 5 nitrogen and oxygen atoms in total. The standard InChI is InChI=1S/C24H20N2O3/c1-28-20-14-8-13-19(15-20)26-22(17-9-4-2-5-10-17)23(27)21-16-25-29-24(21)18-11-6-3-7-12-18/h2-16,22,26H,1H3. The summed E-state index contributed by atoms with van der Waals surface area (Å²) in [6, 6.07) is 26.0. The van der Waals surface area contributed by atoms with Crippen molar-refractivity contribution in [1.82, 2.24) is 5.16 Å². The number of aromatic nitrogens is 1. The van der Waals surface area contributed by atoms with Crippen molar-refractivity contribution in [3.05, 3.63) is 102 Å². The summed E-state index contributed by atoms with van der Waals surface area (Å²) in [5, 5.41) is 7.22. The van der Waals surface area contributed by atoms with Crippen LogP contribution in [0.15, 0.2) is 95.6 Å². The molecule has 1 heterocycles. The summed E-state index contributed by atoms with van der Waals surface area (Å²) in [5.41, 5.74) is 2.87. The molecule has 0 aliphatic rings. The van der Waals surface area contributed by atoms with Gasteiger partial charge >= 0.3 is 0 Å². The van der Waals surface area contributed by atoms with Gasteiger partial charge in [0.25, 0.3) is 0 Å². The summed E-state index contributed by atoms with van der Waals surface area (Å²) in [5.74, 6) is 1.05. The number of methoxy groups -OCH3 is 1. The molecule has 0 aliphatic carbocycles. The minimum Gasteiger partial charge on any atom is -0.497 e. The van der Waals surface area contributed by atoms with Crippen LogP contribution in [0, 0.1) is 0 Å². The van der Waals surface area contributed by atoms with E-state index in [1.54, 1.807) is 7.11 Å². The fourth-order valence-electron chi connectivity index (χ4n) is 3.19. The normalized spacial score (nSPS) is 11.6. The molecule has 29 heavy (non-hydrogen) atoms. The van der Waals surface area contributed by atoms with Gasteiger partial charge < -0.3 is 14.6 Å². The number of Topliss-reactive ketones (excluding diaryl/α,β-unsaturated/α-hetero) is 1. The highest BCUT2D eigenvalue weighted by molar-refractivity contribution is 6.06. The van der Waals surface area contributed by atoms with Crippen molar-refractivity contribution in [3.63, 3.8) is 0 Å². The van der Waals surface area contributed by atoms with Gasteiger partial charge in [-0.15, -0.1) is 0 Å². The quantitative estimate of drug-likeness (QED) is 0.433. The smallest absolute Gasteiger partial charge is 0.195 e. The zero-order valence-corrected chi connectivity index (χ0v) is 15.9. The highest BCUT2D eigenvalue weighted by Gasteiger charge is 2.27. The first-order valence-corrected chi connectivity index (χ1v) is 9.26. The van der Waals surface area contributed by atoms with E-state index in [2.05, 4.69) is 10.5 Å². The van der Waals surface area contributed by atoms with E-state index >= 15 is 0 Å². The van der Waals surface area contributed by atoms with Crippen LogP contribution >= 0.6 is 0 Å². The summed E-state index contributed by atoms with van der Waals surface area (Å²) in [6.07, 6.45) is 1.48. The second kappa shape index (κ2) is 8.44. The monoisotopic (exact) mass is 384 g/mol. The molecular formula is C24H20N2O3.